The van der Waals surface area contributed by atoms with Crippen LogP contribution in [0.5, 0.6) is 0 Å². The molecule has 1 aromatic rings. The Balaban J connectivity index is 2.30. The Morgan fingerprint density at radius 3 is 3.33 bits per heavy atom. The molecule has 2 rings (SSSR count). The molecule has 12 heavy (non-hydrogen) atoms. The number of amides is 1. The summed E-state index contributed by atoms with van der Waals surface area (Å²) in [6.45, 7) is 0.373. The molecule has 0 saturated heterocycles. The van der Waals surface area contributed by atoms with Crippen LogP contribution in [-0.2, 0) is 6.54 Å². The average Bonchev–Trinajstić information content (AvgIpc) is 2.49. The minimum Gasteiger partial charge on any atom is -0.465 e. The summed E-state index contributed by atoms with van der Waals surface area (Å²) in [5, 5.41) is 15.2. The van der Waals surface area contributed by atoms with Gasteiger partial charge in [-0.25, -0.2) is 4.79 Å². The van der Waals surface area contributed by atoms with Crippen molar-refractivity contribution < 1.29 is 9.90 Å². The van der Waals surface area contributed by atoms with Crippen molar-refractivity contribution in [1.82, 2.24) is 15.1 Å². The Morgan fingerprint density at radius 2 is 2.58 bits per heavy atom. The molecule has 1 amide bonds. The molecule has 0 radical (unpaired) electrons. The van der Waals surface area contributed by atoms with Crippen molar-refractivity contribution in [1.29, 1.82) is 0 Å². The van der Waals surface area contributed by atoms with E-state index >= 15 is 0 Å². The lowest BCUT2D eigenvalue weighted by atomic mass is 10.2. The maximum atomic E-state index is 10.5. The third-order valence-corrected chi connectivity index (χ3v) is 1.76. The van der Waals surface area contributed by atoms with Gasteiger partial charge in [-0.2, -0.15) is 5.10 Å². The smallest absolute Gasteiger partial charge is 0.411 e. The van der Waals surface area contributed by atoms with Crippen LogP contribution >= 0.6 is 0 Å². The average molecular weight is 165 g/mol. The molecule has 0 atom stereocenters. The Hall–Kier alpha value is -1.78. The number of carbonyl (C=O) groups is 1. The van der Waals surface area contributed by atoms with Gasteiger partial charge in [0, 0.05) is 11.8 Å². The number of rotatable bonds is 0. The van der Waals surface area contributed by atoms with Gasteiger partial charge in [0.15, 0.2) is 0 Å². The normalized spacial score (nSPS) is 14.5. The maximum absolute atomic E-state index is 10.5. The van der Waals surface area contributed by atoms with Crippen LogP contribution < -0.4 is 0 Å². The van der Waals surface area contributed by atoms with Gasteiger partial charge in [0.05, 0.1) is 18.4 Å². The number of H-pyrrole nitrogens is 1. The predicted octanol–water partition coefficient (Wildman–Crippen LogP) is 0.874. The molecule has 1 aromatic heterocycles. The molecule has 0 aliphatic carbocycles. The summed E-state index contributed by atoms with van der Waals surface area (Å²) >= 11 is 0. The summed E-state index contributed by atoms with van der Waals surface area (Å²) < 4.78 is 0. The first kappa shape index (κ1) is 6.90. The molecule has 2 N–H and O–H groups in total. The fourth-order valence-electron chi connectivity index (χ4n) is 1.12. The van der Waals surface area contributed by atoms with Crippen molar-refractivity contribution in [3.05, 3.63) is 23.7 Å². The lowest BCUT2D eigenvalue weighted by molar-refractivity contribution is 0.161. The third-order valence-electron chi connectivity index (χ3n) is 1.76. The van der Waals surface area contributed by atoms with Gasteiger partial charge >= 0.3 is 6.09 Å². The van der Waals surface area contributed by atoms with Gasteiger partial charge < -0.3 is 5.11 Å². The summed E-state index contributed by atoms with van der Waals surface area (Å²) in [7, 11) is 0. The number of aromatic amines is 1. The maximum Gasteiger partial charge on any atom is 0.411 e. The number of fused-ring (bicyclic) bond motifs is 1. The molecule has 0 spiro atoms. The van der Waals surface area contributed by atoms with E-state index in [1.807, 2.05) is 0 Å². The van der Waals surface area contributed by atoms with E-state index in [4.69, 9.17) is 5.11 Å². The minimum absolute atomic E-state index is 0.373. The SMILES string of the molecule is O=C(O)N1C=Cc2[nH]ncc2C1. The van der Waals surface area contributed by atoms with Gasteiger partial charge in [-0.1, -0.05) is 0 Å². The Morgan fingerprint density at radius 1 is 1.75 bits per heavy atom. The molecule has 62 valence electrons. The predicted molar refractivity (Wildman–Crippen MR) is 41.2 cm³/mol. The van der Waals surface area contributed by atoms with Gasteiger partial charge in [0.2, 0.25) is 0 Å². The number of hydrogen-bond donors (Lipinski definition) is 2. The highest BCUT2D eigenvalue weighted by Crippen LogP contribution is 2.16. The molecule has 1 aliphatic rings. The summed E-state index contributed by atoms with van der Waals surface area (Å²) in [6, 6.07) is 0. The first-order valence-electron chi connectivity index (χ1n) is 3.47. The largest absolute Gasteiger partial charge is 0.465 e. The Labute approximate surface area is 68.3 Å². The Kier molecular flexibility index (Phi) is 1.36. The minimum atomic E-state index is -0.946. The first-order chi connectivity index (χ1) is 5.77. The molecular weight excluding hydrogens is 158 g/mol. The van der Waals surface area contributed by atoms with Crippen LogP contribution in [0.2, 0.25) is 0 Å². The summed E-state index contributed by atoms with van der Waals surface area (Å²) in [6.07, 6.45) is 3.90. The van der Waals surface area contributed by atoms with E-state index in [1.54, 1.807) is 12.3 Å². The summed E-state index contributed by atoms with van der Waals surface area (Å²) in [5.41, 5.74) is 1.78. The topological polar surface area (TPSA) is 69.2 Å². The standard InChI is InChI=1S/C7H7N3O2/c11-7(12)10-2-1-6-5(4-10)3-8-9-6/h1-3H,4H2,(H,8,9)(H,11,12). The van der Waals surface area contributed by atoms with Gasteiger partial charge in [-0.15, -0.1) is 0 Å². The number of nitrogens with zero attached hydrogens (tertiary/aromatic N) is 2. The van der Waals surface area contributed by atoms with Crippen molar-refractivity contribution in [2.75, 3.05) is 0 Å². The molecule has 5 heteroatoms. The number of hydrogen-bond acceptors (Lipinski definition) is 2. The van der Waals surface area contributed by atoms with Crippen LogP contribution in [0.4, 0.5) is 4.79 Å². The van der Waals surface area contributed by atoms with Crippen LogP contribution in [-0.4, -0.2) is 26.3 Å². The lowest BCUT2D eigenvalue weighted by Crippen LogP contribution is -2.24. The molecule has 0 saturated carbocycles. The summed E-state index contributed by atoms with van der Waals surface area (Å²) in [4.78, 5) is 11.7. The fourth-order valence-corrected chi connectivity index (χ4v) is 1.12. The molecule has 5 nitrogen and oxygen atoms in total. The fraction of sp³-hybridized carbons (Fsp3) is 0.143. The highest BCUT2D eigenvalue weighted by Gasteiger charge is 2.16. The number of aromatic nitrogens is 2. The van der Waals surface area contributed by atoms with Crippen LogP contribution in [0.25, 0.3) is 6.08 Å². The quantitative estimate of drug-likeness (QED) is 0.599. The number of nitrogens with one attached hydrogen (secondary N) is 1. The van der Waals surface area contributed by atoms with Crippen molar-refractivity contribution >= 4 is 12.2 Å². The second-order valence-electron chi connectivity index (χ2n) is 2.54. The molecular formula is C7H7N3O2. The molecule has 0 aromatic carbocycles. The number of carboxylic acid groups (broad SMARTS) is 1. The molecule has 2 heterocycles. The zero-order valence-electron chi connectivity index (χ0n) is 6.19. The Bertz CT molecular complexity index is 342. The van der Waals surface area contributed by atoms with Crippen LogP contribution in [0.1, 0.15) is 11.3 Å². The van der Waals surface area contributed by atoms with E-state index in [2.05, 4.69) is 10.2 Å². The van der Waals surface area contributed by atoms with E-state index in [0.717, 1.165) is 11.3 Å². The third kappa shape index (κ3) is 0.952. The van der Waals surface area contributed by atoms with E-state index in [9.17, 15) is 4.79 Å². The van der Waals surface area contributed by atoms with Crippen molar-refractivity contribution in [2.45, 2.75) is 6.54 Å². The van der Waals surface area contributed by atoms with Crippen molar-refractivity contribution in [3.8, 4) is 0 Å². The van der Waals surface area contributed by atoms with E-state index in [1.165, 1.54) is 11.1 Å². The van der Waals surface area contributed by atoms with Gasteiger partial charge in [-0.3, -0.25) is 10.00 Å². The van der Waals surface area contributed by atoms with Gasteiger partial charge in [-0.05, 0) is 6.08 Å². The van der Waals surface area contributed by atoms with Crippen LogP contribution in [0.15, 0.2) is 12.4 Å². The van der Waals surface area contributed by atoms with Crippen molar-refractivity contribution in [2.24, 2.45) is 0 Å². The lowest BCUT2D eigenvalue weighted by Gasteiger charge is -2.16. The van der Waals surface area contributed by atoms with Gasteiger partial charge in [0.25, 0.3) is 0 Å². The molecule has 0 fully saturated rings. The zero-order chi connectivity index (χ0) is 8.55. The van der Waals surface area contributed by atoms with E-state index in [0.29, 0.717) is 6.54 Å². The first-order valence-corrected chi connectivity index (χ1v) is 3.47. The van der Waals surface area contributed by atoms with Crippen molar-refractivity contribution in [3.63, 3.8) is 0 Å². The summed E-state index contributed by atoms with van der Waals surface area (Å²) in [5.74, 6) is 0. The second-order valence-corrected chi connectivity index (χ2v) is 2.54. The highest BCUT2D eigenvalue weighted by molar-refractivity contribution is 5.69. The monoisotopic (exact) mass is 165 g/mol. The van der Waals surface area contributed by atoms with E-state index in [-0.39, 0.29) is 0 Å². The van der Waals surface area contributed by atoms with Gasteiger partial charge in [0.1, 0.15) is 0 Å². The van der Waals surface area contributed by atoms with E-state index < -0.39 is 6.09 Å². The second kappa shape index (κ2) is 2.37. The molecule has 0 bridgehead atoms. The van der Waals surface area contributed by atoms with Crippen LogP contribution in [0.3, 0.4) is 0 Å². The highest BCUT2D eigenvalue weighted by atomic mass is 16.4. The molecule has 1 aliphatic heterocycles. The molecule has 0 unspecified atom stereocenters. The van der Waals surface area contributed by atoms with Crippen LogP contribution in [0, 0.1) is 0 Å². The zero-order valence-corrected chi connectivity index (χ0v) is 6.19.